The molecule has 10 N–H and O–H groups in total. The molecule has 0 bridgehead atoms. The van der Waals surface area contributed by atoms with E-state index in [9.17, 15) is 60.7 Å². The summed E-state index contributed by atoms with van der Waals surface area (Å²) in [5, 5.41) is 105. The molecule has 7 aliphatic rings. The maximum atomic E-state index is 13.7. The van der Waals surface area contributed by atoms with E-state index in [-0.39, 0.29) is 46.5 Å². The molecule has 2 heterocycles. The number of hydrogen-bond acceptors (Lipinski definition) is 14. The lowest BCUT2D eigenvalue weighted by molar-refractivity contribution is -0.373. The molecular weight excluding hydrogens is 760 g/mol. The van der Waals surface area contributed by atoms with Crippen LogP contribution in [0.5, 0.6) is 0 Å². The van der Waals surface area contributed by atoms with Crippen molar-refractivity contribution in [3.05, 3.63) is 11.6 Å². The van der Waals surface area contributed by atoms with Crippen LogP contribution in [-0.2, 0) is 28.5 Å². The Hall–Kier alpha value is -1.80. The smallest absolute Gasteiger partial charge is 0.335 e. The second-order valence-corrected chi connectivity index (χ2v) is 19.8. The first kappa shape index (κ1) is 44.3. The zero-order valence-electron chi connectivity index (χ0n) is 34.2. The average Bonchev–Trinajstić information content (AvgIpc) is 3.78. The third-order valence-electron chi connectivity index (χ3n) is 17.7. The van der Waals surface area contributed by atoms with Gasteiger partial charge in [-0.3, -0.25) is 4.79 Å². The van der Waals surface area contributed by atoms with Gasteiger partial charge in [-0.2, -0.15) is 0 Å². The van der Waals surface area contributed by atoms with Gasteiger partial charge in [0.05, 0.1) is 30.8 Å². The summed E-state index contributed by atoms with van der Waals surface area (Å²) in [6.45, 7) is 9.72. The van der Waals surface area contributed by atoms with E-state index in [1.165, 1.54) is 0 Å². The molecule has 7 rings (SSSR count). The van der Waals surface area contributed by atoms with Gasteiger partial charge in [-0.25, -0.2) is 4.79 Å². The molecule has 16 nitrogen and oxygen atoms in total. The summed E-state index contributed by atoms with van der Waals surface area (Å²) >= 11 is 0. The number of carboxylic acid groups (broad SMARTS) is 2. The van der Waals surface area contributed by atoms with E-state index in [0.29, 0.717) is 31.1 Å². The van der Waals surface area contributed by atoms with Crippen LogP contribution in [0.4, 0.5) is 0 Å². The minimum absolute atomic E-state index is 0.0179. The van der Waals surface area contributed by atoms with Crippen molar-refractivity contribution in [1.29, 1.82) is 0 Å². The van der Waals surface area contributed by atoms with E-state index >= 15 is 0 Å². The molecule has 0 aromatic carbocycles. The van der Waals surface area contributed by atoms with E-state index < -0.39 is 97.6 Å². The topological polar surface area (TPSA) is 273 Å². The van der Waals surface area contributed by atoms with Crippen LogP contribution in [-0.4, -0.2) is 150 Å². The van der Waals surface area contributed by atoms with Gasteiger partial charge in [0, 0.05) is 0 Å². The number of ether oxygens (including phenoxy) is 4. The second-order valence-electron chi connectivity index (χ2n) is 19.8. The quantitative estimate of drug-likeness (QED) is 0.0968. The normalized spacial score (nSPS) is 52.4. The Morgan fingerprint density at radius 1 is 0.776 bits per heavy atom. The molecule has 0 amide bonds. The first-order valence-corrected chi connectivity index (χ1v) is 21.2. The van der Waals surface area contributed by atoms with Gasteiger partial charge in [0.25, 0.3) is 0 Å². The zero-order valence-corrected chi connectivity index (χ0v) is 34.2. The highest BCUT2D eigenvalue weighted by Crippen LogP contribution is 2.89. The molecule has 21 atom stereocenters. The lowest BCUT2D eigenvalue weighted by Crippen LogP contribution is -2.66. The van der Waals surface area contributed by atoms with Crippen molar-refractivity contribution in [3.8, 4) is 0 Å². The summed E-state index contributed by atoms with van der Waals surface area (Å²) in [7, 11) is 0. The molecule has 2 spiro atoms. The Bertz CT molecular complexity index is 1590. The highest BCUT2D eigenvalue weighted by atomic mass is 16.8. The van der Waals surface area contributed by atoms with Gasteiger partial charge in [-0.15, -0.1) is 0 Å². The number of aliphatic hydroxyl groups is 8. The van der Waals surface area contributed by atoms with Crippen molar-refractivity contribution < 1.29 is 79.6 Å². The van der Waals surface area contributed by atoms with Crippen molar-refractivity contribution in [2.75, 3.05) is 13.2 Å². The van der Waals surface area contributed by atoms with E-state index in [0.717, 1.165) is 44.1 Å². The fraction of sp³-hybridized carbons (Fsp3) is 0.905. The molecule has 7 fully saturated rings. The van der Waals surface area contributed by atoms with Crippen molar-refractivity contribution in [2.24, 2.45) is 50.7 Å². The molecule has 5 saturated carbocycles. The van der Waals surface area contributed by atoms with E-state index in [1.807, 2.05) is 13.0 Å². The molecule has 58 heavy (non-hydrogen) atoms. The van der Waals surface area contributed by atoms with Gasteiger partial charge in [0.2, 0.25) is 0 Å². The molecule has 0 aromatic rings. The highest BCUT2D eigenvalue weighted by molar-refractivity contribution is 5.76. The van der Waals surface area contributed by atoms with Crippen LogP contribution in [0.25, 0.3) is 0 Å². The van der Waals surface area contributed by atoms with Gasteiger partial charge >= 0.3 is 11.9 Å². The van der Waals surface area contributed by atoms with Crippen molar-refractivity contribution in [3.63, 3.8) is 0 Å². The van der Waals surface area contributed by atoms with E-state index in [2.05, 4.69) is 20.8 Å². The number of aliphatic hydroxyl groups excluding tert-OH is 8. The van der Waals surface area contributed by atoms with Crippen LogP contribution < -0.4 is 0 Å². The van der Waals surface area contributed by atoms with Crippen molar-refractivity contribution in [1.82, 2.24) is 0 Å². The number of hydrogen-bond donors (Lipinski definition) is 10. The first-order valence-electron chi connectivity index (χ1n) is 21.2. The third-order valence-corrected chi connectivity index (χ3v) is 17.7. The van der Waals surface area contributed by atoms with Crippen molar-refractivity contribution in [2.45, 2.75) is 172 Å². The SMILES string of the molecule is CC(=CCC(O)C(C)C1CCC2(C)C3CCC4C(C)(C(=O)O)C(OC5OC(C(=O)O)C(O)C(O)C5OC5OC(CO)C(O)C(O)C5O)CCC45CC35CCC12C)CO. The minimum atomic E-state index is -2.04. The number of aliphatic carboxylic acids is 2. The monoisotopic (exact) mass is 826 g/mol. The van der Waals surface area contributed by atoms with Crippen LogP contribution in [0.3, 0.4) is 0 Å². The number of rotatable bonds is 12. The predicted molar refractivity (Wildman–Crippen MR) is 201 cm³/mol. The van der Waals surface area contributed by atoms with Crippen LogP contribution in [0.15, 0.2) is 11.6 Å². The standard InChI is InChI=1S/C42H66O16/c1-19(16-43)6-7-22(45)20(2)21-10-12-39(4)24-8-9-25-40(5,37(53)54)26(11-13-41(25)18-42(24,41)15-14-38(21,39)3)56-36-33(30(49)29(48)32(57-36)34(51)52)58-35-31(50)28(47)27(46)23(17-44)55-35/h6,20-33,35-36,43-50H,7-18H2,1-5H3,(H,51,52)(H,53,54). The Morgan fingerprint density at radius 2 is 1.45 bits per heavy atom. The summed E-state index contributed by atoms with van der Waals surface area (Å²) in [6, 6.07) is 0. The lowest BCUT2D eigenvalue weighted by atomic mass is 9.41. The molecule has 21 unspecified atom stereocenters. The average molecular weight is 827 g/mol. The molecular formula is C42H66O16. The molecule has 2 saturated heterocycles. The Balaban J connectivity index is 1.13. The van der Waals surface area contributed by atoms with E-state index in [1.54, 1.807) is 6.92 Å². The van der Waals surface area contributed by atoms with Crippen LogP contribution in [0.1, 0.15) is 98.8 Å². The van der Waals surface area contributed by atoms with Gasteiger partial charge in [0.15, 0.2) is 18.7 Å². The molecule has 0 aromatic heterocycles. The van der Waals surface area contributed by atoms with Crippen molar-refractivity contribution >= 4 is 11.9 Å². The predicted octanol–water partition coefficient (Wildman–Crippen LogP) is 0.918. The molecule has 330 valence electrons. The largest absolute Gasteiger partial charge is 0.481 e. The Morgan fingerprint density at radius 3 is 2.09 bits per heavy atom. The molecule has 2 aliphatic heterocycles. The number of carbonyl (C=O) groups is 2. The van der Waals surface area contributed by atoms with Gasteiger partial charge in [0.1, 0.15) is 42.7 Å². The van der Waals surface area contributed by atoms with Gasteiger partial charge < -0.3 is 70.0 Å². The number of carboxylic acids is 2. The maximum Gasteiger partial charge on any atom is 0.335 e. The van der Waals surface area contributed by atoms with Crippen LogP contribution in [0.2, 0.25) is 0 Å². The zero-order chi connectivity index (χ0) is 42.5. The molecule has 5 aliphatic carbocycles. The first-order chi connectivity index (χ1) is 27.2. The molecule has 0 radical (unpaired) electrons. The van der Waals surface area contributed by atoms with E-state index in [4.69, 9.17) is 18.9 Å². The Labute approximate surface area is 339 Å². The van der Waals surface area contributed by atoms with Gasteiger partial charge in [-0.05, 0) is 123 Å². The summed E-state index contributed by atoms with van der Waals surface area (Å²) < 4.78 is 23.5. The third kappa shape index (κ3) is 6.37. The summed E-state index contributed by atoms with van der Waals surface area (Å²) in [5.74, 6) is -2.27. The van der Waals surface area contributed by atoms with Gasteiger partial charge in [-0.1, -0.05) is 32.4 Å². The summed E-state index contributed by atoms with van der Waals surface area (Å²) in [4.78, 5) is 25.8. The lowest BCUT2D eigenvalue weighted by Gasteiger charge is -2.63. The molecule has 16 heteroatoms. The second kappa shape index (κ2) is 15.5. The Kier molecular flexibility index (Phi) is 11.8. The van der Waals surface area contributed by atoms with Crippen LogP contribution >= 0.6 is 0 Å². The highest BCUT2D eigenvalue weighted by Gasteiger charge is 2.83. The minimum Gasteiger partial charge on any atom is -0.481 e. The number of fused-ring (bicyclic) bond motifs is 2. The maximum absolute atomic E-state index is 13.7. The fourth-order valence-electron chi connectivity index (χ4n) is 14.1. The summed E-state index contributed by atoms with van der Waals surface area (Å²) in [5.41, 5.74) is -1.01. The fourth-order valence-corrected chi connectivity index (χ4v) is 14.1. The van der Waals surface area contributed by atoms with Crippen LogP contribution in [0, 0.1) is 50.7 Å². The summed E-state index contributed by atoms with van der Waals surface area (Å²) in [6.07, 6.45) is -10.1.